The Bertz CT molecular complexity index is 170. The molecule has 1 aliphatic carbocycles. The van der Waals surface area contributed by atoms with Crippen molar-refractivity contribution in [1.82, 2.24) is 0 Å². The molecule has 0 radical (unpaired) electrons. The number of unbranched alkanes of at least 4 members (excludes halogenated alkanes) is 2. The molecule has 0 atom stereocenters. The average Bonchev–Trinajstić information content (AvgIpc) is 2.30. The van der Waals surface area contributed by atoms with Gasteiger partial charge in [-0.15, -0.1) is 0 Å². The maximum Gasteiger partial charge on any atom is -0.0318 e. The molecule has 0 aromatic heterocycles. The second-order valence-corrected chi connectivity index (χ2v) is 4.97. The van der Waals surface area contributed by atoms with E-state index in [0.29, 0.717) is 0 Å². The first-order valence-electron chi connectivity index (χ1n) is 7.08. The maximum atomic E-state index is 2.31. The van der Waals surface area contributed by atoms with Crippen LogP contribution in [0.25, 0.3) is 0 Å². The van der Waals surface area contributed by atoms with Crippen LogP contribution in [-0.2, 0) is 0 Å². The highest BCUT2D eigenvalue weighted by atomic mass is 14.2. The molecular weight excluding hydrogens is 180 g/mol. The topological polar surface area (TPSA) is 0 Å². The van der Waals surface area contributed by atoms with Crippen molar-refractivity contribution in [3.05, 3.63) is 11.1 Å². The normalized spacial score (nSPS) is 16.8. The number of rotatable bonds is 6. The molecule has 0 amide bonds. The van der Waals surface area contributed by atoms with Gasteiger partial charge >= 0.3 is 0 Å². The van der Waals surface area contributed by atoms with E-state index in [9.17, 15) is 0 Å². The van der Waals surface area contributed by atoms with Gasteiger partial charge in [0.15, 0.2) is 0 Å². The Labute approximate surface area is 96.2 Å². The van der Waals surface area contributed by atoms with Crippen LogP contribution < -0.4 is 0 Å². The van der Waals surface area contributed by atoms with E-state index in [4.69, 9.17) is 0 Å². The summed E-state index contributed by atoms with van der Waals surface area (Å²) in [6, 6.07) is 0. The van der Waals surface area contributed by atoms with Gasteiger partial charge in [0.05, 0.1) is 0 Å². The quantitative estimate of drug-likeness (QED) is 0.496. The fraction of sp³-hybridized carbons (Fsp3) is 0.867. The Morgan fingerprint density at radius 2 is 1.40 bits per heavy atom. The summed E-state index contributed by atoms with van der Waals surface area (Å²) in [7, 11) is 0. The lowest BCUT2D eigenvalue weighted by Crippen LogP contribution is -1.99. The summed E-state index contributed by atoms with van der Waals surface area (Å²) >= 11 is 0. The zero-order chi connectivity index (χ0) is 10.9. The minimum Gasteiger partial charge on any atom is -0.0710 e. The smallest absolute Gasteiger partial charge is 0.0318 e. The van der Waals surface area contributed by atoms with Crippen LogP contribution in [0, 0.1) is 0 Å². The van der Waals surface area contributed by atoms with Gasteiger partial charge in [-0.25, -0.2) is 0 Å². The van der Waals surface area contributed by atoms with Gasteiger partial charge in [-0.1, -0.05) is 44.3 Å². The lowest BCUT2D eigenvalue weighted by molar-refractivity contribution is 0.577. The van der Waals surface area contributed by atoms with Crippen LogP contribution >= 0.6 is 0 Å². The summed E-state index contributed by atoms with van der Waals surface area (Å²) < 4.78 is 0. The lowest BCUT2D eigenvalue weighted by atomic mass is 9.87. The molecule has 15 heavy (non-hydrogen) atoms. The van der Waals surface area contributed by atoms with E-state index in [1.807, 2.05) is 11.1 Å². The van der Waals surface area contributed by atoms with Crippen molar-refractivity contribution >= 4 is 0 Å². The zero-order valence-electron chi connectivity index (χ0n) is 10.8. The van der Waals surface area contributed by atoms with Crippen molar-refractivity contribution in [3.8, 4) is 0 Å². The zero-order valence-corrected chi connectivity index (χ0v) is 10.8. The molecule has 0 unspecified atom stereocenters. The largest absolute Gasteiger partial charge is 0.0710 e. The molecule has 1 aliphatic rings. The number of allylic oxidation sites excluding steroid dienone is 2. The molecule has 0 N–H and O–H groups in total. The van der Waals surface area contributed by atoms with Gasteiger partial charge in [0.25, 0.3) is 0 Å². The van der Waals surface area contributed by atoms with Gasteiger partial charge in [0.1, 0.15) is 0 Å². The predicted molar refractivity (Wildman–Crippen MR) is 69.2 cm³/mol. The van der Waals surface area contributed by atoms with Crippen LogP contribution in [0.1, 0.15) is 84.5 Å². The molecule has 88 valence electrons. The van der Waals surface area contributed by atoms with Crippen LogP contribution in [0.3, 0.4) is 0 Å². The molecule has 1 rings (SSSR count). The van der Waals surface area contributed by atoms with E-state index in [1.165, 1.54) is 70.6 Å². The second kappa shape index (κ2) is 7.96. The summed E-state index contributed by atoms with van der Waals surface area (Å²) in [5.41, 5.74) is 3.70. The van der Waals surface area contributed by atoms with E-state index in [1.54, 1.807) is 0 Å². The van der Waals surface area contributed by atoms with Crippen LogP contribution in [0.4, 0.5) is 0 Å². The Balaban J connectivity index is 2.50. The summed E-state index contributed by atoms with van der Waals surface area (Å²) in [5.74, 6) is 0. The lowest BCUT2D eigenvalue weighted by Gasteiger charge is -2.19. The monoisotopic (exact) mass is 208 g/mol. The van der Waals surface area contributed by atoms with Crippen molar-refractivity contribution in [2.75, 3.05) is 0 Å². The van der Waals surface area contributed by atoms with Crippen molar-refractivity contribution in [3.63, 3.8) is 0 Å². The van der Waals surface area contributed by atoms with E-state index < -0.39 is 0 Å². The average molecular weight is 208 g/mol. The molecule has 1 fully saturated rings. The Kier molecular flexibility index (Phi) is 6.80. The van der Waals surface area contributed by atoms with Gasteiger partial charge < -0.3 is 0 Å². The summed E-state index contributed by atoms with van der Waals surface area (Å²) in [5, 5.41) is 0. The second-order valence-electron chi connectivity index (χ2n) is 4.97. The molecule has 0 spiro atoms. The number of hydrogen-bond acceptors (Lipinski definition) is 0. The Morgan fingerprint density at radius 3 is 1.87 bits per heavy atom. The molecule has 1 saturated carbocycles. The first-order chi connectivity index (χ1) is 7.38. The van der Waals surface area contributed by atoms with Gasteiger partial charge in [-0.2, -0.15) is 0 Å². The third-order valence-corrected chi connectivity index (χ3v) is 3.62. The van der Waals surface area contributed by atoms with Gasteiger partial charge in [-0.3, -0.25) is 0 Å². The van der Waals surface area contributed by atoms with Crippen molar-refractivity contribution < 1.29 is 0 Å². The standard InChI is InChI=1S/C15H28/c1-3-5-10-14(11-6-4-2)15-12-8-7-9-13-15/h3-13H2,1-2H3. The SMILES string of the molecule is CCCCC(CCCC)=C1CCCCC1. The summed E-state index contributed by atoms with van der Waals surface area (Å²) in [4.78, 5) is 0. The molecule has 0 saturated heterocycles. The highest BCUT2D eigenvalue weighted by Crippen LogP contribution is 2.30. The Hall–Kier alpha value is -0.260. The minimum atomic E-state index is 1.35. The van der Waals surface area contributed by atoms with Crippen molar-refractivity contribution in [2.45, 2.75) is 84.5 Å². The van der Waals surface area contributed by atoms with E-state index >= 15 is 0 Å². The molecular formula is C15H28. The van der Waals surface area contributed by atoms with Crippen LogP contribution in [0.5, 0.6) is 0 Å². The molecule has 0 heterocycles. The van der Waals surface area contributed by atoms with E-state index in [0.717, 1.165) is 0 Å². The minimum absolute atomic E-state index is 1.35. The molecule has 0 heteroatoms. The Morgan fingerprint density at radius 1 is 0.867 bits per heavy atom. The van der Waals surface area contributed by atoms with Gasteiger partial charge in [-0.05, 0) is 51.4 Å². The predicted octanol–water partition coefficient (Wildman–Crippen LogP) is 5.63. The van der Waals surface area contributed by atoms with Crippen molar-refractivity contribution in [2.24, 2.45) is 0 Å². The third kappa shape index (κ3) is 4.86. The van der Waals surface area contributed by atoms with E-state index in [2.05, 4.69) is 13.8 Å². The fourth-order valence-corrected chi connectivity index (χ4v) is 2.59. The highest BCUT2D eigenvalue weighted by Gasteiger charge is 2.10. The molecule has 0 aromatic rings. The first kappa shape index (κ1) is 12.8. The van der Waals surface area contributed by atoms with Crippen molar-refractivity contribution in [1.29, 1.82) is 0 Å². The summed E-state index contributed by atoms with van der Waals surface area (Å²) in [6.07, 6.45) is 15.5. The molecule has 0 aliphatic heterocycles. The van der Waals surface area contributed by atoms with Gasteiger partial charge in [0, 0.05) is 0 Å². The fourth-order valence-electron chi connectivity index (χ4n) is 2.59. The maximum absolute atomic E-state index is 2.31. The van der Waals surface area contributed by atoms with Crippen LogP contribution in [-0.4, -0.2) is 0 Å². The van der Waals surface area contributed by atoms with Gasteiger partial charge in [0.2, 0.25) is 0 Å². The summed E-state index contributed by atoms with van der Waals surface area (Å²) in [6.45, 7) is 4.62. The molecule has 0 nitrogen and oxygen atoms in total. The molecule has 0 aromatic carbocycles. The first-order valence-corrected chi connectivity index (χ1v) is 7.08. The highest BCUT2D eigenvalue weighted by molar-refractivity contribution is 5.15. The number of hydrogen-bond donors (Lipinski definition) is 0. The van der Waals surface area contributed by atoms with Crippen LogP contribution in [0.15, 0.2) is 11.1 Å². The van der Waals surface area contributed by atoms with Crippen LogP contribution in [0.2, 0.25) is 0 Å². The molecule has 0 bridgehead atoms. The third-order valence-electron chi connectivity index (χ3n) is 3.62. The van der Waals surface area contributed by atoms with E-state index in [-0.39, 0.29) is 0 Å².